The molecule has 4 rings (SSSR count). The molecule has 7 nitrogen and oxygen atoms in total. The van der Waals surface area contributed by atoms with E-state index in [0.29, 0.717) is 11.2 Å². The molecule has 1 aliphatic carbocycles. The Bertz CT molecular complexity index is 722. The normalized spacial score (nSPS) is 18.2. The molecule has 0 atom stereocenters. The Morgan fingerprint density at radius 3 is 2.42 bits per heavy atom. The lowest BCUT2D eigenvalue weighted by Gasteiger charge is -2.35. The van der Waals surface area contributed by atoms with Crippen LogP contribution in [0.25, 0.3) is 0 Å². The monoisotopic (exact) mass is 372 g/mol. The number of piperazine rings is 1. The second kappa shape index (κ2) is 7.90. The third-order valence-electron chi connectivity index (χ3n) is 5.00. The summed E-state index contributed by atoms with van der Waals surface area (Å²) >= 11 is 1.44. The number of hydrogen-bond donors (Lipinski definition) is 2. The minimum Gasteiger partial charge on any atom is -0.368 e. The summed E-state index contributed by atoms with van der Waals surface area (Å²) in [5.41, 5.74) is 1.26. The third kappa shape index (κ3) is 4.07. The number of carbonyl (C=O) groups excluding carboxylic acids is 1. The number of nitrogens with zero attached hydrogens (tertiary/aromatic N) is 4. The Kier molecular flexibility index (Phi) is 5.19. The van der Waals surface area contributed by atoms with Crippen molar-refractivity contribution >= 4 is 33.3 Å². The maximum atomic E-state index is 12.1. The second-order valence-corrected chi connectivity index (χ2v) is 7.74. The standard InChI is InChI=1S/C18H24N6OS/c25-16(19-14-6-4-5-7-14)20-17-21-22-18(26-17)24-12-10-23(11-13-24)15-8-2-1-3-9-15/h1-3,8-9,14H,4-7,10-13H2,(H2,19,20,21,25). The topological polar surface area (TPSA) is 73.4 Å². The van der Waals surface area contributed by atoms with E-state index in [1.54, 1.807) is 0 Å². The van der Waals surface area contributed by atoms with Crippen LogP contribution in [0.1, 0.15) is 25.7 Å². The molecule has 1 aromatic carbocycles. The van der Waals surface area contributed by atoms with E-state index >= 15 is 0 Å². The Balaban J connectivity index is 1.29. The number of carbonyl (C=O) groups is 1. The summed E-state index contributed by atoms with van der Waals surface area (Å²) in [6.07, 6.45) is 4.53. The molecule has 1 aromatic heterocycles. The van der Waals surface area contributed by atoms with Gasteiger partial charge in [0.15, 0.2) is 0 Å². The first-order chi connectivity index (χ1) is 12.8. The summed E-state index contributed by atoms with van der Waals surface area (Å²) in [4.78, 5) is 16.7. The molecule has 2 N–H and O–H groups in total. The molecule has 0 radical (unpaired) electrons. The maximum Gasteiger partial charge on any atom is 0.321 e. The molecular formula is C18H24N6OS. The van der Waals surface area contributed by atoms with Crippen LogP contribution in [0.15, 0.2) is 30.3 Å². The van der Waals surface area contributed by atoms with Gasteiger partial charge in [-0.05, 0) is 25.0 Å². The van der Waals surface area contributed by atoms with Gasteiger partial charge in [-0.15, -0.1) is 10.2 Å². The maximum absolute atomic E-state index is 12.1. The van der Waals surface area contributed by atoms with E-state index in [4.69, 9.17) is 0 Å². The van der Waals surface area contributed by atoms with Crippen molar-refractivity contribution < 1.29 is 4.79 Å². The number of anilines is 3. The lowest BCUT2D eigenvalue weighted by Crippen LogP contribution is -2.46. The number of hydrogen-bond acceptors (Lipinski definition) is 6. The molecule has 8 heteroatoms. The van der Waals surface area contributed by atoms with Gasteiger partial charge in [-0.1, -0.05) is 42.4 Å². The molecule has 1 saturated carbocycles. The van der Waals surface area contributed by atoms with Crippen LogP contribution in [0.3, 0.4) is 0 Å². The van der Waals surface area contributed by atoms with Gasteiger partial charge in [-0.2, -0.15) is 0 Å². The van der Waals surface area contributed by atoms with Gasteiger partial charge in [0.25, 0.3) is 0 Å². The van der Waals surface area contributed by atoms with Gasteiger partial charge < -0.3 is 15.1 Å². The van der Waals surface area contributed by atoms with Crippen molar-refractivity contribution in [2.45, 2.75) is 31.7 Å². The lowest BCUT2D eigenvalue weighted by atomic mass is 10.2. The average molecular weight is 372 g/mol. The van der Waals surface area contributed by atoms with Crippen molar-refractivity contribution in [3.63, 3.8) is 0 Å². The van der Waals surface area contributed by atoms with E-state index in [2.05, 4.69) is 54.9 Å². The van der Waals surface area contributed by atoms with E-state index in [9.17, 15) is 4.79 Å². The molecule has 0 spiro atoms. The molecule has 26 heavy (non-hydrogen) atoms. The number of amides is 2. The predicted molar refractivity (Wildman–Crippen MR) is 105 cm³/mol. The number of benzene rings is 1. The first kappa shape index (κ1) is 17.1. The molecule has 2 heterocycles. The zero-order chi connectivity index (χ0) is 17.8. The van der Waals surface area contributed by atoms with E-state index in [-0.39, 0.29) is 6.03 Å². The minimum atomic E-state index is -0.173. The predicted octanol–water partition coefficient (Wildman–Crippen LogP) is 2.93. The highest BCUT2D eigenvalue weighted by Gasteiger charge is 2.21. The fourth-order valence-corrected chi connectivity index (χ4v) is 4.37. The van der Waals surface area contributed by atoms with Crippen LogP contribution in [0, 0.1) is 0 Å². The zero-order valence-electron chi connectivity index (χ0n) is 14.7. The lowest BCUT2D eigenvalue weighted by molar-refractivity contribution is 0.248. The van der Waals surface area contributed by atoms with Gasteiger partial charge in [0.1, 0.15) is 0 Å². The van der Waals surface area contributed by atoms with Gasteiger partial charge in [-0.3, -0.25) is 5.32 Å². The highest BCUT2D eigenvalue weighted by Crippen LogP contribution is 2.26. The minimum absolute atomic E-state index is 0.173. The highest BCUT2D eigenvalue weighted by molar-refractivity contribution is 7.19. The molecule has 2 amide bonds. The Labute approximate surface area is 157 Å². The molecule has 0 bridgehead atoms. The van der Waals surface area contributed by atoms with Crippen molar-refractivity contribution in [2.75, 3.05) is 41.3 Å². The van der Waals surface area contributed by atoms with E-state index in [0.717, 1.165) is 44.2 Å². The average Bonchev–Trinajstić information content (AvgIpc) is 3.35. The highest BCUT2D eigenvalue weighted by atomic mass is 32.1. The van der Waals surface area contributed by atoms with Crippen LogP contribution in [-0.4, -0.2) is 48.4 Å². The van der Waals surface area contributed by atoms with Crippen molar-refractivity contribution in [2.24, 2.45) is 0 Å². The zero-order valence-corrected chi connectivity index (χ0v) is 15.5. The first-order valence-corrected chi connectivity index (χ1v) is 10.1. The summed E-state index contributed by atoms with van der Waals surface area (Å²) < 4.78 is 0. The Morgan fingerprint density at radius 2 is 1.69 bits per heavy atom. The summed E-state index contributed by atoms with van der Waals surface area (Å²) in [7, 11) is 0. The summed E-state index contributed by atoms with van der Waals surface area (Å²) in [5.74, 6) is 0. The van der Waals surface area contributed by atoms with Crippen LogP contribution < -0.4 is 20.4 Å². The largest absolute Gasteiger partial charge is 0.368 e. The van der Waals surface area contributed by atoms with Crippen LogP contribution >= 0.6 is 11.3 Å². The van der Waals surface area contributed by atoms with Gasteiger partial charge >= 0.3 is 6.03 Å². The van der Waals surface area contributed by atoms with Crippen molar-refractivity contribution in [1.29, 1.82) is 0 Å². The fourth-order valence-electron chi connectivity index (χ4n) is 3.58. The molecular weight excluding hydrogens is 348 g/mol. The van der Waals surface area contributed by atoms with Gasteiger partial charge in [0, 0.05) is 37.9 Å². The number of para-hydroxylation sites is 1. The number of nitrogens with one attached hydrogen (secondary N) is 2. The number of aromatic nitrogens is 2. The molecule has 2 aromatic rings. The molecule has 2 aliphatic rings. The summed E-state index contributed by atoms with van der Waals surface area (Å²) in [5, 5.41) is 15.6. The van der Waals surface area contributed by atoms with Gasteiger partial charge in [0.2, 0.25) is 10.3 Å². The number of urea groups is 1. The first-order valence-electron chi connectivity index (χ1n) is 9.24. The smallest absolute Gasteiger partial charge is 0.321 e. The molecule has 2 fully saturated rings. The Morgan fingerprint density at radius 1 is 1.00 bits per heavy atom. The van der Waals surface area contributed by atoms with Crippen molar-refractivity contribution in [1.82, 2.24) is 15.5 Å². The quantitative estimate of drug-likeness (QED) is 0.863. The molecule has 138 valence electrons. The van der Waals surface area contributed by atoms with E-state index in [1.165, 1.54) is 29.9 Å². The Hall–Kier alpha value is -2.35. The SMILES string of the molecule is O=C(Nc1nnc(N2CCN(c3ccccc3)CC2)s1)NC1CCCC1. The van der Waals surface area contributed by atoms with Crippen LogP contribution in [0.2, 0.25) is 0 Å². The van der Waals surface area contributed by atoms with Gasteiger partial charge in [-0.25, -0.2) is 4.79 Å². The molecule has 0 unspecified atom stereocenters. The number of rotatable bonds is 4. The third-order valence-corrected chi connectivity index (χ3v) is 5.90. The summed E-state index contributed by atoms with van der Waals surface area (Å²) in [6.45, 7) is 3.71. The summed E-state index contributed by atoms with van der Waals surface area (Å²) in [6, 6.07) is 10.6. The van der Waals surface area contributed by atoms with Crippen molar-refractivity contribution in [3.8, 4) is 0 Å². The van der Waals surface area contributed by atoms with Gasteiger partial charge in [0.05, 0.1) is 0 Å². The van der Waals surface area contributed by atoms with Crippen LogP contribution in [0.4, 0.5) is 20.7 Å². The van der Waals surface area contributed by atoms with Crippen molar-refractivity contribution in [3.05, 3.63) is 30.3 Å². The molecule has 1 aliphatic heterocycles. The second-order valence-electron chi connectivity index (χ2n) is 6.78. The fraction of sp³-hybridized carbons (Fsp3) is 0.500. The van der Waals surface area contributed by atoms with E-state index in [1.807, 2.05) is 6.07 Å². The molecule has 1 saturated heterocycles. The van der Waals surface area contributed by atoms with Crippen LogP contribution in [-0.2, 0) is 0 Å². The van der Waals surface area contributed by atoms with Crippen LogP contribution in [0.5, 0.6) is 0 Å². The van der Waals surface area contributed by atoms with E-state index < -0.39 is 0 Å².